The fourth-order valence-electron chi connectivity index (χ4n) is 0.779. The highest BCUT2D eigenvalue weighted by Crippen LogP contribution is 2.15. The topological polar surface area (TPSA) is 18.5 Å². The highest BCUT2D eigenvalue weighted by atomic mass is 79.9. The Labute approximate surface area is 100 Å². The van der Waals surface area contributed by atoms with E-state index in [-0.39, 0.29) is 5.60 Å². The highest BCUT2D eigenvalue weighted by Gasteiger charge is 2.21. The van der Waals surface area contributed by atoms with Crippen molar-refractivity contribution in [2.45, 2.75) is 26.4 Å². The molecule has 0 bridgehead atoms. The molecule has 0 aromatic rings. The van der Waals surface area contributed by atoms with Crippen molar-refractivity contribution in [3.8, 4) is 0 Å². The lowest BCUT2D eigenvalue weighted by molar-refractivity contribution is -0.0327. The Morgan fingerprint density at radius 1 is 1.36 bits per heavy atom. The molecule has 1 atom stereocenters. The molecule has 1 unspecified atom stereocenters. The molecular formula is C10H20BrClO2. The first kappa shape index (κ1) is 14.7. The number of halogens is 2. The van der Waals surface area contributed by atoms with Crippen LogP contribution in [-0.2, 0) is 9.47 Å². The molecule has 0 aliphatic carbocycles. The Balaban J connectivity index is 3.43. The summed E-state index contributed by atoms with van der Waals surface area (Å²) in [6.45, 7) is 8.26. The zero-order valence-electron chi connectivity index (χ0n) is 9.19. The number of hydrogen-bond donors (Lipinski definition) is 0. The summed E-state index contributed by atoms with van der Waals surface area (Å²) in [7, 11) is 0. The molecule has 0 aromatic heterocycles. The minimum atomic E-state index is -0.275. The molecule has 86 valence electrons. The molecule has 0 radical (unpaired) electrons. The highest BCUT2D eigenvalue weighted by molar-refractivity contribution is 9.09. The fourth-order valence-corrected chi connectivity index (χ4v) is 1.54. The van der Waals surface area contributed by atoms with Crippen LogP contribution < -0.4 is 0 Å². The van der Waals surface area contributed by atoms with E-state index in [2.05, 4.69) is 29.8 Å². The van der Waals surface area contributed by atoms with Crippen LogP contribution in [0.3, 0.4) is 0 Å². The van der Waals surface area contributed by atoms with E-state index in [1.54, 1.807) is 0 Å². The van der Waals surface area contributed by atoms with Crippen molar-refractivity contribution in [1.29, 1.82) is 0 Å². The van der Waals surface area contributed by atoms with E-state index in [1.807, 2.05) is 6.92 Å². The van der Waals surface area contributed by atoms with Crippen molar-refractivity contribution >= 4 is 27.5 Å². The smallest absolute Gasteiger partial charge is 0.0886 e. The van der Waals surface area contributed by atoms with E-state index in [4.69, 9.17) is 21.1 Å². The van der Waals surface area contributed by atoms with E-state index < -0.39 is 0 Å². The van der Waals surface area contributed by atoms with Crippen LogP contribution in [0.2, 0.25) is 0 Å². The maximum absolute atomic E-state index is 5.78. The first-order valence-electron chi connectivity index (χ1n) is 4.87. The van der Waals surface area contributed by atoms with Crippen molar-refractivity contribution in [1.82, 2.24) is 0 Å². The second kappa shape index (κ2) is 7.91. The first-order chi connectivity index (χ1) is 6.54. The van der Waals surface area contributed by atoms with E-state index in [1.165, 1.54) is 0 Å². The molecule has 0 N–H and O–H groups in total. The molecule has 4 heteroatoms. The maximum atomic E-state index is 5.78. The quantitative estimate of drug-likeness (QED) is 0.504. The average molecular weight is 288 g/mol. The Morgan fingerprint density at radius 3 is 2.43 bits per heavy atom. The zero-order chi connectivity index (χ0) is 11.0. The molecule has 0 heterocycles. The van der Waals surface area contributed by atoms with Gasteiger partial charge in [0, 0.05) is 11.9 Å². The van der Waals surface area contributed by atoms with Gasteiger partial charge < -0.3 is 9.47 Å². The molecule has 0 aliphatic rings. The van der Waals surface area contributed by atoms with Gasteiger partial charge in [0.2, 0.25) is 0 Å². The molecule has 0 aromatic carbocycles. The van der Waals surface area contributed by atoms with E-state index >= 15 is 0 Å². The normalized spacial score (nSPS) is 15.9. The summed E-state index contributed by atoms with van der Waals surface area (Å²) in [5.74, 6) is 1.06. The summed E-state index contributed by atoms with van der Waals surface area (Å²) in [5.41, 5.74) is -0.275. The summed E-state index contributed by atoms with van der Waals surface area (Å²) < 4.78 is 11.0. The average Bonchev–Trinajstić information content (AvgIpc) is 2.16. The van der Waals surface area contributed by atoms with Crippen LogP contribution in [0.15, 0.2) is 0 Å². The van der Waals surface area contributed by atoms with Gasteiger partial charge in [0.25, 0.3) is 0 Å². The van der Waals surface area contributed by atoms with Gasteiger partial charge in [0.15, 0.2) is 0 Å². The molecule has 0 aliphatic heterocycles. The summed E-state index contributed by atoms with van der Waals surface area (Å²) in [5, 5.41) is 0.744. The number of ether oxygens (including phenoxy) is 2. The molecule has 14 heavy (non-hydrogen) atoms. The molecule has 0 spiro atoms. The summed E-state index contributed by atoms with van der Waals surface area (Å²) >= 11 is 9.15. The standard InChI is InChI=1S/C10H20BrClO2/c1-9(2)6-13-4-5-14-10(3,7-11)8-12/h9H,4-8H2,1-3H3. The van der Waals surface area contributed by atoms with Gasteiger partial charge in [-0.15, -0.1) is 11.6 Å². The molecule has 0 saturated carbocycles. The second-order valence-electron chi connectivity index (χ2n) is 4.03. The molecule has 0 amide bonds. The molecule has 2 nitrogen and oxygen atoms in total. The van der Waals surface area contributed by atoms with Crippen LogP contribution >= 0.6 is 27.5 Å². The van der Waals surface area contributed by atoms with Gasteiger partial charge >= 0.3 is 0 Å². The van der Waals surface area contributed by atoms with Crippen LogP contribution in [0.25, 0.3) is 0 Å². The molecular weight excluding hydrogens is 267 g/mol. The summed E-state index contributed by atoms with van der Waals surface area (Å²) in [4.78, 5) is 0. The fraction of sp³-hybridized carbons (Fsp3) is 1.00. The van der Waals surface area contributed by atoms with Gasteiger partial charge in [-0.3, -0.25) is 0 Å². The zero-order valence-corrected chi connectivity index (χ0v) is 11.5. The predicted octanol–water partition coefficient (Wildman–Crippen LogP) is 3.07. The Morgan fingerprint density at radius 2 is 2.00 bits per heavy atom. The van der Waals surface area contributed by atoms with Gasteiger partial charge in [0.1, 0.15) is 0 Å². The minimum absolute atomic E-state index is 0.275. The third-order valence-corrected chi connectivity index (χ3v) is 3.45. The minimum Gasteiger partial charge on any atom is -0.379 e. The summed E-state index contributed by atoms with van der Waals surface area (Å²) in [6, 6.07) is 0. The van der Waals surface area contributed by atoms with E-state index in [0.29, 0.717) is 25.0 Å². The van der Waals surface area contributed by atoms with Gasteiger partial charge in [-0.1, -0.05) is 29.8 Å². The Kier molecular flexibility index (Phi) is 8.30. The first-order valence-corrected chi connectivity index (χ1v) is 6.53. The Bertz CT molecular complexity index is 138. The number of alkyl halides is 2. The van der Waals surface area contributed by atoms with Crippen molar-refractivity contribution in [2.75, 3.05) is 31.0 Å². The van der Waals surface area contributed by atoms with Crippen LogP contribution in [0.5, 0.6) is 0 Å². The van der Waals surface area contributed by atoms with E-state index in [9.17, 15) is 0 Å². The third kappa shape index (κ3) is 7.04. The lowest BCUT2D eigenvalue weighted by atomic mass is 10.2. The second-order valence-corrected chi connectivity index (χ2v) is 4.86. The van der Waals surface area contributed by atoms with Crippen LogP contribution in [-0.4, -0.2) is 36.6 Å². The molecule has 0 fully saturated rings. The number of rotatable bonds is 8. The van der Waals surface area contributed by atoms with Crippen LogP contribution in [0.4, 0.5) is 0 Å². The van der Waals surface area contributed by atoms with Crippen molar-refractivity contribution in [3.63, 3.8) is 0 Å². The van der Waals surface area contributed by atoms with Crippen molar-refractivity contribution in [3.05, 3.63) is 0 Å². The van der Waals surface area contributed by atoms with Gasteiger partial charge in [-0.2, -0.15) is 0 Å². The molecule has 0 saturated heterocycles. The Hall–Kier alpha value is 0.690. The van der Waals surface area contributed by atoms with Gasteiger partial charge in [0.05, 0.1) is 24.7 Å². The molecule has 0 rings (SSSR count). The van der Waals surface area contributed by atoms with E-state index in [0.717, 1.165) is 11.9 Å². The lowest BCUT2D eigenvalue weighted by Gasteiger charge is -2.25. The van der Waals surface area contributed by atoms with Gasteiger partial charge in [-0.25, -0.2) is 0 Å². The van der Waals surface area contributed by atoms with Crippen LogP contribution in [0, 0.1) is 5.92 Å². The monoisotopic (exact) mass is 286 g/mol. The van der Waals surface area contributed by atoms with Crippen molar-refractivity contribution < 1.29 is 9.47 Å². The third-order valence-electron chi connectivity index (χ3n) is 1.69. The van der Waals surface area contributed by atoms with Gasteiger partial charge in [-0.05, 0) is 12.8 Å². The largest absolute Gasteiger partial charge is 0.379 e. The SMILES string of the molecule is CC(C)COCCOC(C)(CCl)CBr. The summed E-state index contributed by atoms with van der Waals surface area (Å²) in [6.07, 6.45) is 0. The van der Waals surface area contributed by atoms with Crippen LogP contribution in [0.1, 0.15) is 20.8 Å². The lowest BCUT2D eigenvalue weighted by Crippen LogP contribution is -2.34. The predicted molar refractivity (Wildman–Crippen MR) is 64.5 cm³/mol. The van der Waals surface area contributed by atoms with Crippen molar-refractivity contribution in [2.24, 2.45) is 5.92 Å². The maximum Gasteiger partial charge on any atom is 0.0886 e. The number of hydrogen-bond acceptors (Lipinski definition) is 2.